The summed E-state index contributed by atoms with van der Waals surface area (Å²) >= 11 is 1.41. The highest BCUT2D eigenvalue weighted by atomic mass is 32.2. The molecule has 2 aliphatic heterocycles. The van der Waals surface area contributed by atoms with Crippen LogP contribution in [0.4, 0.5) is 0 Å². The van der Waals surface area contributed by atoms with Gasteiger partial charge in [0.15, 0.2) is 0 Å². The number of nitrogens with zero attached hydrogens (tertiary/aromatic N) is 2. The first-order chi connectivity index (χ1) is 12.8. The van der Waals surface area contributed by atoms with E-state index in [0.29, 0.717) is 0 Å². The zero-order valence-corrected chi connectivity index (χ0v) is 16.6. The van der Waals surface area contributed by atoms with Gasteiger partial charge < -0.3 is 15.3 Å². The van der Waals surface area contributed by atoms with Crippen LogP contribution in [0.1, 0.15) is 56.1 Å². The van der Waals surface area contributed by atoms with Gasteiger partial charge in [-0.3, -0.25) is 14.6 Å². The number of carboxylic acid groups (broad SMARTS) is 1. The summed E-state index contributed by atoms with van der Waals surface area (Å²) in [5.41, 5.74) is 1.35. The van der Waals surface area contributed by atoms with E-state index in [1.165, 1.54) is 16.7 Å². The first-order valence-electron chi connectivity index (χ1n) is 9.25. The number of thioether (sulfide) groups is 1. The van der Waals surface area contributed by atoms with Crippen molar-refractivity contribution >= 4 is 29.5 Å². The second kappa shape index (κ2) is 7.50. The number of fused-ring (bicyclic) bond motifs is 1. The number of β-lactam (4-membered cyclic amide) rings is 1. The van der Waals surface area contributed by atoms with Gasteiger partial charge in [0.25, 0.3) is 5.91 Å². The van der Waals surface area contributed by atoms with Gasteiger partial charge in [0.1, 0.15) is 23.2 Å². The summed E-state index contributed by atoms with van der Waals surface area (Å²) in [4.78, 5) is 42.0. The molecular formula is C19H25N3O4S. The molecule has 3 rings (SSSR count). The molecule has 2 amide bonds. The minimum atomic E-state index is -1.02. The Morgan fingerprint density at radius 2 is 2.07 bits per heavy atom. The lowest BCUT2D eigenvalue weighted by molar-refractivity contribution is -0.159. The van der Waals surface area contributed by atoms with Gasteiger partial charge in [-0.2, -0.15) is 0 Å². The summed E-state index contributed by atoms with van der Waals surface area (Å²) in [6.45, 7) is 5.76. The molecule has 1 aromatic rings. The first-order valence-corrected chi connectivity index (χ1v) is 10.1. The van der Waals surface area contributed by atoms with Gasteiger partial charge in [0, 0.05) is 10.9 Å². The Labute approximate surface area is 162 Å². The molecule has 2 fully saturated rings. The number of carboxylic acids is 1. The van der Waals surface area contributed by atoms with Crippen LogP contribution in [0.5, 0.6) is 0 Å². The molecule has 27 heavy (non-hydrogen) atoms. The van der Waals surface area contributed by atoms with Gasteiger partial charge in [-0.15, -0.1) is 11.8 Å². The number of hydrogen-bond acceptors (Lipinski definition) is 5. The number of aromatic nitrogens is 1. The SMILES string of the molecule is CCCCCc1ccc(C(=O)NC2C(=O)N3C2SC(C)(C)C3C(=O)O)nc1. The maximum Gasteiger partial charge on any atom is 0.327 e. The lowest BCUT2D eigenvalue weighted by Crippen LogP contribution is -2.70. The van der Waals surface area contributed by atoms with Crippen molar-refractivity contribution in [3.05, 3.63) is 29.6 Å². The minimum Gasteiger partial charge on any atom is -0.480 e. The number of rotatable bonds is 7. The molecule has 3 atom stereocenters. The Bertz CT molecular complexity index is 750. The summed E-state index contributed by atoms with van der Waals surface area (Å²) in [6.07, 6.45) is 6.04. The molecule has 7 nitrogen and oxygen atoms in total. The van der Waals surface area contributed by atoms with Crippen molar-refractivity contribution in [2.45, 2.75) is 68.7 Å². The van der Waals surface area contributed by atoms with Crippen LogP contribution in [0, 0.1) is 0 Å². The molecule has 2 saturated heterocycles. The number of nitrogens with one attached hydrogen (secondary N) is 1. The number of carbonyl (C=O) groups is 3. The molecule has 0 spiro atoms. The second-order valence-corrected chi connectivity index (χ2v) is 9.33. The Balaban J connectivity index is 1.62. The molecule has 0 bridgehead atoms. The Hall–Kier alpha value is -2.09. The lowest BCUT2D eigenvalue weighted by Gasteiger charge is -2.43. The fourth-order valence-corrected chi connectivity index (χ4v) is 5.27. The third-order valence-electron chi connectivity index (χ3n) is 5.09. The van der Waals surface area contributed by atoms with Gasteiger partial charge in [-0.05, 0) is 38.3 Å². The van der Waals surface area contributed by atoms with Crippen LogP contribution in [-0.2, 0) is 16.0 Å². The molecule has 8 heteroatoms. The van der Waals surface area contributed by atoms with E-state index in [1.807, 2.05) is 6.07 Å². The van der Waals surface area contributed by atoms with Gasteiger partial charge in [0.2, 0.25) is 5.91 Å². The van der Waals surface area contributed by atoms with Gasteiger partial charge in [-0.25, -0.2) is 4.79 Å². The van der Waals surface area contributed by atoms with Crippen molar-refractivity contribution < 1.29 is 19.5 Å². The van der Waals surface area contributed by atoms with Gasteiger partial charge in [0.05, 0.1) is 0 Å². The van der Waals surface area contributed by atoms with E-state index in [2.05, 4.69) is 17.2 Å². The zero-order chi connectivity index (χ0) is 19.8. The van der Waals surface area contributed by atoms with Gasteiger partial charge in [-0.1, -0.05) is 25.8 Å². The third-order valence-corrected chi connectivity index (χ3v) is 6.66. The fourth-order valence-electron chi connectivity index (χ4n) is 3.65. The second-order valence-electron chi connectivity index (χ2n) is 7.56. The predicted octanol–water partition coefficient (Wildman–Crippen LogP) is 2.06. The predicted molar refractivity (Wildman–Crippen MR) is 102 cm³/mol. The number of aliphatic carboxylic acids is 1. The molecule has 0 saturated carbocycles. The van der Waals surface area contributed by atoms with Crippen molar-refractivity contribution in [1.29, 1.82) is 0 Å². The number of hydrogen-bond donors (Lipinski definition) is 2. The average Bonchev–Trinajstić information content (AvgIpc) is 2.88. The lowest BCUT2D eigenvalue weighted by atomic mass is 9.96. The van der Waals surface area contributed by atoms with E-state index in [9.17, 15) is 19.5 Å². The van der Waals surface area contributed by atoms with Crippen LogP contribution >= 0.6 is 11.8 Å². The molecule has 0 aromatic carbocycles. The molecule has 2 N–H and O–H groups in total. The number of pyridine rings is 1. The highest BCUT2D eigenvalue weighted by Gasteiger charge is 2.64. The zero-order valence-electron chi connectivity index (χ0n) is 15.8. The van der Waals surface area contributed by atoms with Crippen molar-refractivity contribution in [2.75, 3.05) is 0 Å². The maximum absolute atomic E-state index is 12.5. The van der Waals surface area contributed by atoms with E-state index >= 15 is 0 Å². The van der Waals surface area contributed by atoms with E-state index < -0.39 is 28.7 Å². The normalized spacial score (nSPS) is 25.7. The molecule has 1 aromatic heterocycles. The summed E-state index contributed by atoms with van der Waals surface area (Å²) in [5.74, 6) is -1.78. The van der Waals surface area contributed by atoms with Crippen molar-refractivity contribution in [3.8, 4) is 0 Å². The molecule has 0 aliphatic carbocycles. The van der Waals surface area contributed by atoms with E-state index in [0.717, 1.165) is 31.2 Å². The van der Waals surface area contributed by atoms with Crippen LogP contribution in [0.2, 0.25) is 0 Å². The maximum atomic E-state index is 12.5. The van der Waals surface area contributed by atoms with Crippen LogP contribution < -0.4 is 5.32 Å². The highest BCUT2D eigenvalue weighted by Crippen LogP contribution is 2.50. The van der Waals surface area contributed by atoms with Crippen molar-refractivity contribution in [3.63, 3.8) is 0 Å². The molecule has 3 unspecified atom stereocenters. The van der Waals surface area contributed by atoms with Crippen LogP contribution in [0.25, 0.3) is 0 Å². The van der Waals surface area contributed by atoms with Crippen LogP contribution in [0.15, 0.2) is 18.3 Å². The largest absolute Gasteiger partial charge is 0.480 e. The van der Waals surface area contributed by atoms with E-state index in [1.54, 1.807) is 26.1 Å². The number of carbonyl (C=O) groups excluding carboxylic acids is 2. The smallest absolute Gasteiger partial charge is 0.327 e. The molecular weight excluding hydrogens is 366 g/mol. The quantitative estimate of drug-likeness (QED) is 0.545. The third kappa shape index (κ3) is 3.67. The summed E-state index contributed by atoms with van der Waals surface area (Å²) in [6, 6.07) is 1.97. The molecule has 0 radical (unpaired) electrons. The summed E-state index contributed by atoms with van der Waals surface area (Å²) in [7, 11) is 0. The number of amides is 2. The minimum absolute atomic E-state index is 0.262. The number of unbranched alkanes of at least 4 members (excludes halogenated alkanes) is 2. The number of aryl methyl sites for hydroxylation is 1. The Kier molecular flexibility index (Phi) is 5.46. The monoisotopic (exact) mass is 391 g/mol. The van der Waals surface area contributed by atoms with E-state index in [-0.39, 0.29) is 17.0 Å². The van der Waals surface area contributed by atoms with Crippen LogP contribution in [-0.4, -0.2) is 55.0 Å². The molecule has 146 valence electrons. The van der Waals surface area contributed by atoms with Crippen molar-refractivity contribution in [2.24, 2.45) is 0 Å². The molecule has 2 aliphatic rings. The fraction of sp³-hybridized carbons (Fsp3) is 0.579. The summed E-state index contributed by atoms with van der Waals surface area (Å²) in [5, 5.41) is 11.8. The topological polar surface area (TPSA) is 99.6 Å². The molecule has 3 heterocycles. The Morgan fingerprint density at radius 1 is 1.33 bits per heavy atom. The van der Waals surface area contributed by atoms with E-state index in [4.69, 9.17) is 0 Å². The summed E-state index contributed by atoms with van der Waals surface area (Å²) < 4.78 is -0.607. The first kappa shape index (κ1) is 19.7. The van der Waals surface area contributed by atoms with Crippen LogP contribution in [0.3, 0.4) is 0 Å². The standard InChI is InChI=1S/C19H25N3O4S/c1-4-5-6-7-11-8-9-12(20-10-11)15(23)21-13-16(24)22-14(18(25)26)19(2,3)27-17(13)22/h8-10,13-14,17H,4-7H2,1-3H3,(H,21,23)(H,25,26). The van der Waals surface area contributed by atoms with Gasteiger partial charge >= 0.3 is 5.97 Å². The van der Waals surface area contributed by atoms with Crippen molar-refractivity contribution in [1.82, 2.24) is 15.2 Å². The Morgan fingerprint density at radius 3 is 2.67 bits per heavy atom. The highest BCUT2D eigenvalue weighted by molar-refractivity contribution is 8.01. The average molecular weight is 391 g/mol.